The van der Waals surface area contributed by atoms with Gasteiger partial charge in [0.25, 0.3) is 0 Å². The highest BCUT2D eigenvalue weighted by Crippen LogP contribution is 2.18. The highest BCUT2D eigenvalue weighted by atomic mass is 35.5. The molecule has 0 spiro atoms. The molecule has 0 saturated heterocycles. The fourth-order valence-corrected chi connectivity index (χ4v) is 3.15. The van der Waals surface area contributed by atoms with Crippen LogP contribution in [0, 0.1) is 4.77 Å². The van der Waals surface area contributed by atoms with Gasteiger partial charge < -0.3 is 4.57 Å². The van der Waals surface area contributed by atoms with Crippen LogP contribution in [0.4, 0.5) is 0 Å². The van der Waals surface area contributed by atoms with Gasteiger partial charge in [-0.25, -0.2) is 4.68 Å². The molecule has 1 aromatic carbocycles. The van der Waals surface area contributed by atoms with Gasteiger partial charge in [-0.05, 0) is 56.0 Å². The van der Waals surface area contributed by atoms with Crippen molar-refractivity contribution in [3.8, 4) is 11.4 Å². The first kappa shape index (κ1) is 17.8. The molecule has 130 valence electrons. The minimum atomic E-state index is 0.618. The summed E-state index contributed by atoms with van der Waals surface area (Å²) in [5.41, 5.74) is 2.21. The SMILES string of the molecule is CCn1c(-c2ccncc2)nn(CN(C)Cc2ccc(Cl)cc2)c1=S. The average Bonchev–Trinajstić information content (AvgIpc) is 2.93. The molecule has 0 aliphatic rings. The maximum absolute atomic E-state index is 5.94. The molecule has 0 aliphatic carbocycles. The zero-order valence-corrected chi connectivity index (χ0v) is 15.8. The highest BCUT2D eigenvalue weighted by molar-refractivity contribution is 7.71. The van der Waals surface area contributed by atoms with E-state index in [9.17, 15) is 0 Å². The summed E-state index contributed by atoms with van der Waals surface area (Å²) in [6.07, 6.45) is 3.54. The lowest BCUT2D eigenvalue weighted by molar-refractivity contribution is 0.244. The molecule has 25 heavy (non-hydrogen) atoms. The van der Waals surface area contributed by atoms with Gasteiger partial charge in [-0.2, -0.15) is 5.10 Å². The lowest BCUT2D eigenvalue weighted by atomic mass is 10.2. The van der Waals surface area contributed by atoms with Gasteiger partial charge in [-0.3, -0.25) is 9.88 Å². The Bertz CT molecular complexity index is 886. The normalized spacial score (nSPS) is 11.2. The van der Waals surface area contributed by atoms with Gasteiger partial charge in [0.1, 0.15) is 0 Å². The van der Waals surface area contributed by atoms with Crippen LogP contribution in [0.25, 0.3) is 11.4 Å². The number of rotatable bonds is 6. The molecule has 3 rings (SSSR count). The number of aromatic nitrogens is 4. The number of nitrogens with zero attached hydrogens (tertiary/aromatic N) is 5. The second-order valence-corrected chi connectivity index (χ2v) is 6.67. The Morgan fingerprint density at radius 2 is 1.80 bits per heavy atom. The maximum atomic E-state index is 5.94. The molecule has 7 heteroatoms. The summed E-state index contributed by atoms with van der Waals surface area (Å²) < 4.78 is 4.63. The standard InChI is InChI=1S/C18H20ClN5S/c1-3-23-17(15-8-10-20-11-9-15)21-24(18(23)25)13-22(2)12-14-4-6-16(19)7-5-14/h4-11H,3,12-13H2,1-2H3. The van der Waals surface area contributed by atoms with E-state index in [1.165, 1.54) is 5.56 Å². The number of hydrogen-bond donors (Lipinski definition) is 0. The second kappa shape index (κ2) is 7.91. The molecule has 0 atom stereocenters. The van der Waals surface area contributed by atoms with E-state index in [4.69, 9.17) is 28.9 Å². The lowest BCUT2D eigenvalue weighted by Crippen LogP contribution is -2.22. The lowest BCUT2D eigenvalue weighted by Gasteiger charge is -2.16. The summed E-state index contributed by atoms with van der Waals surface area (Å²) >= 11 is 11.6. The minimum absolute atomic E-state index is 0.618. The molecule has 0 N–H and O–H groups in total. The van der Waals surface area contributed by atoms with E-state index in [-0.39, 0.29) is 0 Å². The number of benzene rings is 1. The molecular weight excluding hydrogens is 354 g/mol. The smallest absolute Gasteiger partial charge is 0.199 e. The van der Waals surface area contributed by atoms with Crippen LogP contribution in [-0.2, 0) is 19.8 Å². The van der Waals surface area contributed by atoms with Crippen molar-refractivity contribution >= 4 is 23.8 Å². The minimum Gasteiger partial charge on any atom is -0.300 e. The van der Waals surface area contributed by atoms with Crippen molar-refractivity contribution in [2.75, 3.05) is 7.05 Å². The molecule has 0 saturated carbocycles. The van der Waals surface area contributed by atoms with E-state index in [1.807, 2.05) is 52.7 Å². The number of halogens is 1. The zero-order valence-electron chi connectivity index (χ0n) is 14.3. The van der Waals surface area contributed by atoms with E-state index in [0.29, 0.717) is 6.67 Å². The molecule has 2 aromatic heterocycles. The predicted octanol–water partition coefficient (Wildman–Crippen LogP) is 4.24. The topological polar surface area (TPSA) is 38.9 Å². The fourth-order valence-electron chi connectivity index (χ4n) is 2.71. The number of pyridine rings is 1. The summed E-state index contributed by atoms with van der Waals surface area (Å²) in [4.78, 5) is 6.24. The first-order valence-electron chi connectivity index (χ1n) is 8.09. The number of hydrogen-bond acceptors (Lipinski definition) is 4. The van der Waals surface area contributed by atoms with Gasteiger partial charge in [-0.15, -0.1) is 0 Å². The van der Waals surface area contributed by atoms with Crippen LogP contribution in [0.3, 0.4) is 0 Å². The van der Waals surface area contributed by atoms with Gasteiger partial charge in [0.15, 0.2) is 10.6 Å². The molecule has 0 radical (unpaired) electrons. The third-order valence-corrected chi connectivity index (χ3v) is 4.60. The molecule has 5 nitrogen and oxygen atoms in total. The summed E-state index contributed by atoms with van der Waals surface area (Å²) in [5, 5.41) is 5.48. The van der Waals surface area contributed by atoms with Crippen LogP contribution >= 0.6 is 23.8 Å². The van der Waals surface area contributed by atoms with E-state index >= 15 is 0 Å². The van der Waals surface area contributed by atoms with Crippen molar-refractivity contribution in [1.82, 2.24) is 24.2 Å². The quantitative estimate of drug-likeness (QED) is 0.606. The summed E-state index contributed by atoms with van der Waals surface area (Å²) in [5.74, 6) is 0.870. The Kier molecular flexibility index (Phi) is 5.63. The summed E-state index contributed by atoms with van der Waals surface area (Å²) in [7, 11) is 2.05. The first-order valence-corrected chi connectivity index (χ1v) is 8.88. The van der Waals surface area contributed by atoms with Gasteiger partial charge in [-0.1, -0.05) is 23.7 Å². The van der Waals surface area contributed by atoms with Crippen molar-refractivity contribution in [1.29, 1.82) is 0 Å². The zero-order chi connectivity index (χ0) is 17.8. The molecule has 0 aliphatic heterocycles. The van der Waals surface area contributed by atoms with Crippen LogP contribution in [0.15, 0.2) is 48.8 Å². The Labute approximate surface area is 157 Å². The van der Waals surface area contributed by atoms with Gasteiger partial charge in [0, 0.05) is 36.1 Å². The molecule has 3 aromatic rings. The third-order valence-electron chi connectivity index (χ3n) is 3.92. The fraction of sp³-hybridized carbons (Fsp3) is 0.278. The van der Waals surface area contributed by atoms with Crippen molar-refractivity contribution < 1.29 is 0 Å². The Morgan fingerprint density at radius 3 is 2.44 bits per heavy atom. The average molecular weight is 374 g/mol. The van der Waals surface area contributed by atoms with Crippen molar-refractivity contribution in [3.05, 3.63) is 64.1 Å². The van der Waals surface area contributed by atoms with Crippen LogP contribution < -0.4 is 0 Å². The largest absolute Gasteiger partial charge is 0.300 e. The molecule has 0 bridgehead atoms. The van der Waals surface area contributed by atoms with Crippen LogP contribution in [0.2, 0.25) is 5.02 Å². The summed E-state index contributed by atoms with van der Waals surface area (Å²) in [6.45, 7) is 4.26. The van der Waals surface area contributed by atoms with Crippen molar-refractivity contribution in [2.24, 2.45) is 0 Å². The molecule has 0 amide bonds. The van der Waals surface area contributed by atoms with Crippen molar-refractivity contribution in [3.63, 3.8) is 0 Å². The predicted molar refractivity (Wildman–Crippen MR) is 103 cm³/mol. The van der Waals surface area contributed by atoms with E-state index in [0.717, 1.165) is 34.3 Å². The molecule has 0 unspecified atom stereocenters. The Morgan fingerprint density at radius 1 is 1.12 bits per heavy atom. The van der Waals surface area contributed by atoms with E-state index < -0.39 is 0 Å². The van der Waals surface area contributed by atoms with E-state index in [1.54, 1.807) is 12.4 Å². The summed E-state index contributed by atoms with van der Waals surface area (Å²) in [6, 6.07) is 11.8. The van der Waals surface area contributed by atoms with Gasteiger partial charge >= 0.3 is 0 Å². The Hall–Kier alpha value is -2.02. The highest BCUT2D eigenvalue weighted by Gasteiger charge is 2.12. The molecule has 2 heterocycles. The van der Waals surface area contributed by atoms with Crippen LogP contribution in [-0.4, -0.2) is 31.3 Å². The molecule has 0 fully saturated rings. The second-order valence-electron chi connectivity index (χ2n) is 5.87. The third kappa shape index (κ3) is 4.15. The maximum Gasteiger partial charge on any atom is 0.199 e. The van der Waals surface area contributed by atoms with Gasteiger partial charge in [0.05, 0.1) is 6.67 Å². The monoisotopic (exact) mass is 373 g/mol. The Balaban J connectivity index is 1.81. The van der Waals surface area contributed by atoms with Crippen LogP contribution in [0.5, 0.6) is 0 Å². The first-order chi connectivity index (χ1) is 12.1. The molecular formula is C18H20ClN5S. The van der Waals surface area contributed by atoms with Crippen molar-refractivity contribution in [2.45, 2.75) is 26.7 Å². The van der Waals surface area contributed by atoms with Crippen LogP contribution in [0.1, 0.15) is 12.5 Å². The van der Waals surface area contributed by atoms with E-state index in [2.05, 4.69) is 16.8 Å². The van der Waals surface area contributed by atoms with Gasteiger partial charge in [0.2, 0.25) is 0 Å².